The third kappa shape index (κ3) is 5.74. The Labute approximate surface area is 280 Å². The number of ether oxygens (including phenoxy) is 2. The number of hydrogen-bond donors (Lipinski definition) is 0. The van der Waals surface area contributed by atoms with E-state index in [1.165, 1.54) is 25.2 Å². The number of halogens is 1. The summed E-state index contributed by atoms with van der Waals surface area (Å²) >= 11 is 7.85. The quantitative estimate of drug-likeness (QED) is 0.106. The maximum atomic E-state index is 13.8. The second kappa shape index (κ2) is 12.5. The molecule has 0 aliphatic carbocycles. The van der Waals surface area contributed by atoms with Crippen LogP contribution in [0.15, 0.2) is 72.8 Å². The van der Waals surface area contributed by atoms with Crippen LogP contribution in [0.2, 0.25) is 0 Å². The van der Waals surface area contributed by atoms with Gasteiger partial charge < -0.3 is 19.3 Å². The summed E-state index contributed by atoms with van der Waals surface area (Å²) in [6.45, 7) is 3.69. The van der Waals surface area contributed by atoms with E-state index in [4.69, 9.17) is 21.1 Å². The van der Waals surface area contributed by atoms with Crippen molar-refractivity contribution in [3.05, 3.63) is 93.7 Å². The standard InChI is InChI=1S/C37H31ClN2O6S/c1-21(41)45-33-17-31-27(26-7-3-4-8-28(26)33)13-14-39(31)35(43)15-24-11-12-25(47-24)16-36(44)40-20-23(19-38)37-30-10-6-5-9-29(30)34(18-32(37)40)46-22(2)42/h3-12,17-18,23H,13-16,19-20H2,1-2H3. The number of nitrogens with zero attached hydrogens (tertiary/aromatic N) is 2. The van der Waals surface area contributed by atoms with Crippen LogP contribution in [-0.2, 0) is 38.4 Å². The molecular formula is C37H31ClN2O6S. The van der Waals surface area contributed by atoms with E-state index in [-0.39, 0.29) is 30.6 Å². The number of fused-ring (bicyclic) bond motifs is 6. The van der Waals surface area contributed by atoms with Crippen molar-refractivity contribution in [2.75, 3.05) is 28.8 Å². The van der Waals surface area contributed by atoms with Gasteiger partial charge in [-0.05, 0) is 40.5 Å². The van der Waals surface area contributed by atoms with Crippen LogP contribution < -0.4 is 19.3 Å². The molecule has 4 aromatic carbocycles. The molecule has 2 aliphatic heterocycles. The van der Waals surface area contributed by atoms with Crippen LogP contribution in [0.5, 0.6) is 11.5 Å². The highest BCUT2D eigenvalue weighted by Crippen LogP contribution is 2.46. The average Bonchev–Trinajstić information content (AvgIpc) is 3.78. The number of anilines is 2. The molecule has 0 radical (unpaired) electrons. The summed E-state index contributed by atoms with van der Waals surface area (Å²) in [5.41, 5.74) is 3.51. The zero-order chi connectivity index (χ0) is 32.8. The van der Waals surface area contributed by atoms with Crippen molar-refractivity contribution in [2.24, 2.45) is 0 Å². The lowest BCUT2D eigenvalue weighted by atomic mass is 9.95. The van der Waals surface area contributed by atoms with Crippen molar-refractivity contribution < 1.29 is 28.7 Å². The van der Waals surface area contributed by atoms with Gasteiger partial charge in [-0.25, -0.2) is 0 Å². The SMILES string of the molecule is CC(=O)Oc1cc2c(c3ccccc13)CCN2C(=O)Cc1ccc(CC(=O)N2CC(CCl)c3c2cc(OC(C)=O)c2ccccc32)s1. The third-order valence-electron chi connectivity index (χ3n) is 8.76. The van der Waals surface area contributed by atoms with Crippen molar-refractivity contribution in [1.29, 1.82) is 0 Å². The highest BCUT2D eigenvalue weighted by Gasteiger charge is 2.35. The van der Waals surface area contributed by atoms with Crippen molar-refractivity contribution in [1.82, 2.24) is 0 Å². The van der Waals surface area contributed by atoms with Gasteiger partial charge in [-0.15, -0.1) is 22.9 Å². The number of amides is 2. The van der Waals surface area contributed by atoms with Crippen molar-refractivity contribution >= 4 is 79.6 Å². The highest BCUT2D eigenvalue weighted by atomic mass is 35.5. The smallest absolute Gasteiger partial charge is 0.308 e. The number of benzene rings is 4. The Kier molecular flexibility index (Phi) is 8.20. The first-order valence-electron chi connectivity index (χ1n) is 15.4. The zero-order valence-electron chi connectivity index (χ0n) is 25.9. The zero-order valence-corrected chi connectivity index (χ0v) is 27.5. The summed E-state index contributed by atoms with van der Waals surface area (Å²) in [7, 11) is 0. The first-order valence-corrected chi connectivity index (χ1v) is 16.8. The number of carbonyl (C=O) groups excluding carboxylic acids is 4. The lowest BCUT2D eigenvalue weighted by Crippen LogP contribution is -2.31. The number of thiophene rings is 1. The molecule has 3 heterocycles. The van der Waals surface area contributed by atoms with Gasteiger partial charge >= 0.3 is 11.9 Å². The molecule has 0 spiro atoms. The topological polar surface area (TPSA) is 93.2 Å². The fourth-order valence-electron chi connectivity index (χ4n) is 6.85. The average molecular weight is 667 g/mol. The van der Waals surface area contributed by atoms with Gasteiger partial charge in [0.2, 0.25) is 11.8 Å². The molecule has 2 amide bonds. The van der Waals surface area contributed by atoms with Gasteiger partial charge in [-0.3, -0.25) is 19.2 Å². The highest BCUT2D eigenvalue weighted by molar-refractivity contribution is 7.12. The first kappa shape index (κ1) is 30.9. The third-order valence-corrected chi connectivity index (χ3v) is 10.2. The predicted molar refractivity (Wildman–Crippen MR) is 184 cm³/mol. The fourth-order valence-corrected chi connectivity index (χ4v) is 8.10. The second-order valence-electron chi connectivity index (χ2n) is 11.8. The molecular weight excluding hydrogens is 636 g/mol. The maximum Gasteiger partial charge on any atom is 0.308 e. The Morgan fingerprint density at radius 2 is 1.28 bits per heavy atom. The number of carbonyl (C=O) groups is 4. The molecule has 0 fully saturated rings. The van der Waals surface area contributed by atoms with Gasteiger partial charge in [0.05, 0.1) is 24.2 Å². The normalized spacial score (nSPS) is 15.2. The minimum Gasteiger partial charge on any atom is -0.426 e. The van der Waals surface area contributed by atoms with E-state index in [1.807, 2.05) is 60.7 Å². The molecule has 1 aromatic heterocycles. The number of rotatable bonds is 7. The molecule has 2 aliphatic rings. The molecule has 0 saturated heterocycles. The van der Waals surface area contributed by atoms with Crippen molar-refractivity contribution in [2.45, 2.75) is 39.0 Å². The van der Waals surface area contributed by atoms with Crippen LogP contribution in [0.4, 0.5) is 11.4 Å². The number of esters is 2. The van der Waals surface area contributed by atoms with Gasteiger partial charge in [-0.1, -0.05) is 48.5 Å². The molecule has 1 atom stereocenters. The van der Waals surface area contributed by atoms with Crippen LogP contribution in [0, 0.1) is 0 Å². The molecule has 0 N–H and O–H groups in total. The first-order chi connectivity index (χ1) is 22.7. The van der Waals surface area contributed by atoms with E-state index in [0.717, 1.165) is 48.1 Å². The largest absolute Gasteiger partial charge is 0.426 e. The number of alkyl halides is 1. The summed E-state index contributed by atoms with van der Waals surface area (Å²) < 4.78 is 11.1. The Morgan fingerprint density at radius 1 is 0.745 bits per heavy atom. The summed E-state index contributed by atoms with van der Waals surface area (Å²) in [5, 5.41) is 3.53. The molecule has 10 heteroatoms. The minimum absolute atomic E-state index is 0.0594. The van der Waals surface area contributed by atoms with Gasteiger partial charge in [0.1, 0.15) is 11.5 Å². The summed E-state index contributed by atoms with van der Waals surface area (Å²) in [6, 6.07) is 22.8. The maximum absolute atomic E-state index is 13.8. The summed E-state index contributed by atoms with van der Waals surface area (Å²) in [4.78, 5) is 56.3. The number of hydrogen-bond acceptors (Lipinski definition) is 7. The van der Waals surface area contributed by atoms with Gasteiger partial charge in [0.25, 0.3) is 0 Å². The summed E-state index contributed by atoms with van der Waals surface area (Å²) in [5.74, 6) is 0.125. The second-order valence-corrected chi connectivity index (χ2v) is 13.4. The molecule has 7 rings (SSSR count). The van der Waals surface area contributed by atoms with E-state index in [1.54, 1.807) is 21.9 Å². The molecule has 0 saturated carbocycles. The monoisotopic (exact) mass is 666 g/mol. The van der Waals surface area contributed by atoms with Crippen LogP contribution in [0.3, 0.4) is 0 Å². The summed E-state index contributed by atoms with van der Waals surface area (Å²) in [6.07, 6.45) is 1.06. The Bertz CT molecular complexity index is 2110. The Balaban J connectivity index is 1.10. The molecule has 8 nitrogen and oxygen atoms in total. The van der Waals surface area contributed by atoms with Crippen molar-refractivity contribution in [3.8, 4) is 11.5 Å². The fraction of sp³-hybridized carbons (Fsp3) is 0.243. The van der Waals surface area contributed by atoms with Crippen LogP contribution in [0.25, 0.3) is 21.5 Å². The van der Waals surface area contributed by atoms with Gasteiger partial charge in [-0.2, -0.15) is 0 Å². The Hall–Kier alpha value is -4.73. The minimum atomic E-state index is -0.434. The predicted octanol–water partition coefficient (Wildman–Crippen LogP) is 6.95. The van der Waals surface area contributed by atoms with Crippen LogP contribution in [-0.4, -0.2) is 42.7 Å². The molecule has 238 valence electrons. The van der Waals surface area contributed by atoms with E-state index in [0.29, 0.717) is 42.6 Å². The van der Waals surface area contributed by atoms with Gasteiger partial charge in [0, 0.05) is 71.4 Å². The molecule has 1 unspecified atom stereocenters. The van der Waals surface area contributed by atoms with E-state index in [9.17, 15) is 19.2 Å². The molecule has 0 bridgehead atoms. The van der Waals surface area contributed by atoms with E-state index in [2.05, 4.69) is 0 Å². The Morgan fingerprint density at radius 3 is 1.87 bits per heavy atom. The molecule has 47 heavy (non-hydrogen) atoms. The lowest BCUT2D eigenvalue weighted by Gasteiger charge is -2.19. The van der Waals surface area contributed by atoms with Crippen molar-refractivity contribution in [3.63, 3.8) is 0 Å². The lowest BCUT2D eigenvalue weighted by molar-refractivity contribution is -0.132. The molecule has 5 aromatic rings. The van der Waals surface area contributed by atoms with E-state index < -0.39 is 11.9 Å². The van der Waals surface area contributed by atoms with Crippen LogP contribution >= 0.6 is 22.9 Å². The van der Waals surface area contributed by atoms with E-state index >= 15 is 0 Å². The van der Waals surface area contributed by atoms with Gasteiger partial charge in [0.15, 0.2) is 0 Å². The van der Waals surface area contributed by atoms with Crippen LogP contribution in [0.1, 0.15) is 40.6 Å².